The number of nitriles is 1. The number of amides is 1. The van der Waals surface area contributed by atoms with Crippen molar-refractivity contribution >= 4 is 34.3 Å². The molecule has 3 heterocycles. The van der Waals surface area contributed by atoms with E-state index in [-0.39, 0.29) is 35.7 Å². The summed E-state index contributed by atoms with van der Waals surface area (Å²) in [5.41, 5.74) is 0.614. The number of hydrogen-bond donors (Lipinski definition) is 1. The minimum absolute atomic E-state index is 0.0392. The van der Waals surface area contributed by atoms with Crippen LogP contribution >= 0.6 is 11.3 Å². The lowest BCUT2D eigenvalue weighted by Crippen LogP contribution is -2.55. The second-order valence-electron chi connectivity index (χ2n) is 7.40. The Hall–Kier alpha value is -3.63. The number of aromatic nitrogens is 1. The first kappa shape index (κ1) is 19.8. The van der Waals surface area contributed by atoms with Crippen molar-refractivity contribution in [1.29, 1.82) is 5.26 Å². The Bertz CT molecular complexity index is 1450. The van der Waals surface area contributed by atoms with Crippen LogP contribution in [0.25, 0.3) is 21.5 Å². The molecule has 0 saturated carbocycles. The normalized spacial score (nSPS) is 16.6. The molecule has 1 saturated heterocycles. The number of alkyl halides is 3. The highest BCUT2D eigenvalue weighted by Gasteiger charge is 2.46. The number of hydrogen-bond acceptors (Lipinski definition) is 8. The van der Waals surface area contributed by atoms with E-state index in [4.69, 9.17) is 8.53 Å². The minimum Gasteiger partial charge on any atom is -0.408 e. The van der Waals surface area contributed by atoms with Crippen molar-refractivity contribution in [3.05, 3.63) is 45.8 Å². The Kier molecular flexibility index (Phi) is 5.22. The third kappa shape index (κ3) is 4.55. The van der Waals surface area contributed by atoms with Crippen molar-refractivity contribution in [1.82, 2.24) is 14.9 Å². The number of aryl methyl sites for hydroxylation is 1. The zero-order valence-electron chi connectivity index (χ0n) is 20.1. The third-order valence-electron chi connectivity index (χ3n) is 5.11. The van der Waals surface area contributed by atoms with Crippen LogP contribution in [0.4, 0.5) is 13.2 Å². The maximum atomic E-state index is 12.8. The van der Waals surface area contributed by atoms with Crippen LogP contribution in [0.5, 0.6) is 0 Å². The standard InChI is InChI=1S/C21H17F3N4O5S/c1-27-15-6-11(2-4-16(15)32-20(27)31)17-5-3-14(34-17)7-13(8-25)28(18(29)12-9-26-10-12)33-19(30)21(22,23)24/h2-6,12-13,26H,7,9-10H2,1H3/t13-/m0/s1/i1D3. The van der Waals surface area contributed by atoms with Crippen molar-refractivity contribution in [2.24, 2.45) is 12.9 Å². The van der Waals surface area contributed by atoms with Gasteiger partial charge in [0.05, 0.1) is 17.5 Å². The second-order valence-corrected chi connectivity index (χ2v) is 8.56. The van der Waals surface area contributed by atoms with Gasteiger partial charge in [0, 0.05) is 40.4 Å². The topological polar surface area (TPSA) is 118 Å². The Labute approximate surface area is 198 Å². The predicted octanol–water partition coefficient (Wildman–Crippen LogP) is 2.36. The molecule has 3 aromatic rings. The highest BCUT2D eigenvalue weighted by atomic mass is 32.1. The lowest BCUT2D eigenvalue weighted by molar-refractivity contribution is -0.242. The van der Waals surface area contributed by atoms with Gasteiger partial charge in [0.15, 0.2) is 11.6 Å². The fraction of sp³-hybridized carbons (Fsp3) is 0.333. The van der Waals surface area contributed by atoms with Crippen molar-refractivity contribution in [3.63, 3.8) is 0 Å². The lowest BCUT2D eigenvalue weighted by Gasteiger charge is -2.33. The highest BCUT2D eigenvalue weighted by Crippen LogP contribution is 2.32. The fourth-order valence-electron chi connectivity index (χ4n) is 3.23. The zero-order valence-corrected chi connectivity index (χ0v) is 17.9. The molecule has 0 bridgehead atoms. The Balaban J connectivity index is 1.61. The van der Waals surface area contributed by atoms with E-state index < -0.39 is 42.7 Å². The fourth-order valence-corrected chi connectivity index (χ4v) is 4.27. The van der Waals surface area contributed by atoms with Gasteiger partial charge < -0.3 is 14.6 Å². The summed E-state index contributed by atoms with van der Waals surface area (Å²) in [5, 5.41) is 12.6. The Morgan fingerprint density at radius 3 is 2.79 bits per heavy atom. The van der Waals surface area contributed by atoms with E-state index in [9.17, 15) is 32.8 Å². The van der Waals surface area contributed by atoms with E-state index in [0.29, 0.717) is 19.9 Å². The molecule has 0 radical (unpaired) electrons. The number of thiophene rings is 1. The van der Waals surface area contributed by atoms with Crippen LogP contribution in [0.2, 0.25) is 0 Å². The molecule has 2 aromatic heterocycles. The molecule has 1 N–H and O–H groups in total. The molecule has 9 nitrogen and oxygen atoms in total. The van der Waals surface area contributed by atoms with E-state index in [1.54, 1.807) is 24.3 Å². The molecule has 1 atom stereocenters. The van der Waals surface area contributed by atoms with Gasteiger partial charge in [0.2, 0.25) is 0 Å². The molecule has 1 fully saturated rings. The molecule has 1 aliphatic rings. The number of halogens is 3. The predicted molar refractivity (Wildman–Crippen MR) is 113 cm³/mol. The first-order chi connectivity index (χ1) is 17.3. The molecule has 0 spiro atoms. The summed E-state index contributed by atoms with van der Waals surface area (Å²) in [7, 11) is 0. The van der Waals surface area contributed by atoms with Gasteiger partial charge >= 0.3 is 17.9 Å². The van der Waals surface area contributed by atoms with Crippen molar-refractivity contribution in [3.8, 4) is 16.5 Å². The first-order valence-electron chi connectivity index (χ1n) is 11.3. The quantitative estimate of drug-likeness (QED) is 0.538. The van der Waals surface area contributed by atoms with Gasteiger partial charge in [-0.25, -0.2) is 9.59 Å². The van der Waals surface area contributed by atoms with Crippen LogP contribution in [0.1, 0.15) is 8.99 Å². The Morgan fingerprint density at radius 2 is 2.18 bits per heavy atom. The van der Waals surface area contributed by atoms with Gasteiger partial charge in [-0.1, -0.05) is 0 Å². The number of hydroxylamine groups is 2. The number of fused-ring (bicyclic) bond motifs is 1. The van der Waals surface area contributed by atoms with Crippen molar-refractivity contribution < 1.29 is 36.1 Å². The van der Waals surface area contributed by atoms with Gasteiger partial charge in [0.1, 0.15) is 0 Å². The molecular formula is C21H17F3N4O5S. The van der Waals surface area contributed by atoms with E-state index >= 15 is 0 Å². The Morgan fingerprint density at radius 1 is 1.41 bits per heavy atom. The van der Waals surface area contributed by atoms with Crippen molar-refractivity contribution in [2.75, 3.05) is 13.1 Å². The first-order valence-corrected chi connectivity index (χ1v) is 10.6. The van der Waals surface area contributed by atoms with Crippen LogP contribution in [0, 0.1) is 17.2 Å². The second kappa shape index (κ2) is 8.96. The summed E-state index contributed by atoms with van der Waals surface area (Å²) in [6, 6.07) is 7.82. The molecule has 1 aromatic carbocycles. The number of nitrogens with one attached hydrogen (secondary N) is 1. The van der Waals surface area contributed by atoms with Gasteiger partial charge in [-0.3, -0.25) is 9.36 Å². The van der Waals surface area contributed by atoms with E-state index in [2.05, 4.69) is 10.2 Å². The zero-order chi connectivity index (χ0) is 27.1. The summed E-state index contributed by atoms with van der Waals surface area (Å²) < 4.78 is 66.6. The number of carbonyl (C=O) groups is 2. The molecule has 1 aliphatic heterocycles. The van der Waals surface area contributed by atoms with Gasteiger partial charge in [-0.15, -0.1) is 11.3 Å². The number of carbonyl (C=O) groups excluding carboxylic acids is 2. The molecular weight excluding hydrogens is 477 g/mol. The lowest BCUT2D eigenvalue weighted by atomic mass is 10.0. The molecule has 0 unspecified atom stereocenters. The number of nitrogens with zero attached hydrogens (tertiary/aromatic N) is 3. The smallest absolute Gasteiger partial charge is 0.408 e. The molecule has 1 amide bonds. The number of oxazole rings is 1. The molecule has 4 rings (SSSR count). The molecule has 13 heteroatoms. The molecule has 34 heavy (non-hydrogen) atoms. The van der Waals surface area contributed by atoms with Crippen molar-refractivity contribution in [2.45, 2.75) is 18.6 Å². The van der Waals surface area contributed by atoms with Gasteiger partial charge in [0.25, 0.3) is 5.91 Å². The summed E-state index contributed by atoms with van der Waals surface area (Å²) >= 11 is 1.12. The summed E-state index contributed by atoms with van der Waals surface area (Å²) in [4.78, 5) is 41.5. The van der Waals surface area contributed by atoms with E-state index in [1.807, 2.05) is 0 Å². The maximum Gasteiger partial charge on any atom is 0.493 e. The highest BCUT2D eigenvalue weighted by molar-refractivity contribution is 7.15. The monoisotopic (exact) mass is 497 g/mol. The van der Waals surface area contributed by atoms with E-state index in [1.165, 1.54) is 12.1 Å². The minimum atomic E-state index is -5.37. The third-order valence-corrected chi connectivity index (χ3v) is 6.27. The average molecular weight is 497 g/mol. The van der Waals surface area contributed by atoms with Gasteiger partial charge in [-0.05, 0) is 35.9 Å². The largest absolute Gasteiger partial charge is 0.493 e. The van der Waals surface area contributed by atoms with E-state index in [0.717, 1.165) is 11.3 Å². The van der Waals surface area contributed by atoms with Gasteiger partial charge in [-0.2, -0.15) is 23.5 Å². The van der Waals surface area contributed by atoms with Crippen LogP contribution in [-0.2, 0) is 27.8 Å². The van der Waals surface area contributed by atoms with Crippen LogP contribution in [0.3, 0.4) is 0 Å². The number of rotatable bonds is 5. The summed E-state index contributed by atoms with van der Waals surface area (Å²) in [5.74, 6) is -5.33. The van der Waals surface area contributed by atoms with Crippen LogP contribution in [-0.4, -0.2) is 46.8 Å². The summed E-state index contributed by atoms with van der Waals surface area (Å²) in [6.07, 6.45) is -5.61. The average Bonchev–Trinajstić information content (AvgIpc) is 3.36. The summed E-state index contributed by atoms with van der Waals surface area (Å²) in [6.45, 7) is -2.45. The number of benzene rings is 1. The van der Waals surface area contributed by atoms with Crippen LogP contribution in [0.15, 0.2) is 39.5 Å². The van der Waals surface area contributed by atoms with Crippen LogP contribution < -0.4 is 11.1 Å². The maximum absolute atomic E-state index is 12.8. The molecule has 0 aliphatic carbocycles. The molecule has 178 valence electrons. The SMILES string of the molecule is [2H]C([2H])([2H])n1c(=O)oc2ccc(-c3ccc(C[C@@H](C#N)N(OC(=O)C(F)(F)F)C(=O)C4CNC4)s3)cc21.